The maximum Gasteiger partial charge on any atom is 0.304 e. The Hall–Kier alpha value is -2.13. The average molecular weight is 283 g/mol. The minimum Gasteiger partial charge on any atom is -0.481 e. The van der Waals surface area contributed by atoms with Crippen LogP contribution >= 0.6 is 0 Å². The molecule has 0 aliphatic rings. The minimum atomic E-state index is -0.756. The number of nitrogens with zero attached hydrogens (tertiary/aromatic N) is 1. The van der Waals surface area contributed by atoms with Gasteiger partial charge in [0.15, 0.2) is 0 Å². The van der Waals surface area contributed by atoms with Crippen molar-refractivity contribution in [3.8, 4) is 0 Å². The smallest absolute Gasteiger partial charge is 0.304 e. The van der Waals surface area contributed by atoms with Crippen molar-refractivity contribution in [2.24, 2.45) is 0 Å². The Kier molecular flexibility index (Phi) is 5.52. The molecule has 0 saturated carbocycles. The summed E-state index contributed by atoms with van der Waals surface area (Å²) in [5, 5.41) is 8.88. The lowest BCUT2D eigenvalue weighted by atomic mass is 9.97. The van der Waals surface area contributed by atoms with Gasteiger partial charge in [0.1, 0.15) is 0 Å². The van der Waals surface area contributed by atoms with Gasteiger partial charge >= 0.3 is 5.97 Å². The Balaban J connectivity index is 2.16. The largest absolute Gasteiger partial charge is 0.481 e. The third-order valence-electron chi connectivity index (χ3n) is 3.67. The third kappa shape index (κ3) is 4.72. The Morgan fingerprint density at radius 2 is 1.62 bits per heavy atom. The first-order valence-electron chi connectivity index (χ1n) is 7.17. The molecule has 3 heteroatoms. The van der Waals surface area contributed by atoms with Gasteiger partial charge in [-0.05, 0) is 24.6 Å². The lowest BCUT2D eigenvalue weighted by Gasteiger charge is -2.28. The maximum atomic E-state index is 10.8. The summed E-state index contributed by atoms with van der Waals surface area (Å²) in [4.78, 5) is 12.9. The van der Waals surface area contributed by atoms with Gasteiger partial charge in [-0.15, -0.1) is 0 Å². The van der Waals surface area contributed by atoms with Gasteiger partial charge in [0.25, 0.3) is 0 Å². The zero-order chi connectivity index (χ0) is 15.1. The van der Waals surface area contributed by atoms with Crippen molar-refractivity contribution in [3.63, 3.8) is 0 Å². The topological polar surface area (TPSA) is 40.5 Å². The van der Waals surface area contributed by atoms with Crippen LogP contribution < -0.4 is 0 Å². The molecule has 2 aromatic rings. The van der Waals surface area contributed by atoms with Crippen molar-refractivity contribution in [3.05, 3.63) is 71.8 Å². The van der Waals surface area contributed by atoms with Crippen LogP contribution in [-0.4, -0.2) is 29.6 Å². The second kappa shape index (κ2) is 7.60. The fourth-order valence-corrected chi connectivity index (χ4v) is 2.47. The fraction of sp³-hybridized carbons (Fsp3) is 0.278. The highest BCUT2D eigenvalue weighted by Gasteiger charge is 2.18. The monoisotopic (exact) mass is 283 g/mol. The third-order valence-corrected chi connectivity index (χ3v) is 3.67. The van der Waals surface area contributed by atoms with E-state index in [9.17, 15) is 4.79 Å². The van der Waals surface area contributed by atoms with E-state index in [-0.39, 0.29) is 12.5 Å². The van der Waals surface area contributed by atoms with Crippen LogP contribution in [0, 0.1) is 0 Å². The lowest BCUT2D eigenvalue weighted by Crippen LogP contribution is -2.28. The molecule has 1 N–H and O–H groups in total. The van der Waals surface area contributed by atoms with E-state index in [1.807, 2.05) is 43.4 Å². The molecule has 0 saturated heterocycles. The van der Waals surface area contributed by atoms with Crippen LogP contribution in [0.2, 0.25) is 0 Å². The number of carboxylic acids is 1. The molecule has 110 valence electrons. The molecule has 21 heavy (non-hydrogen) atoms. The molecule has 2 rings (SSSR count). The minimum absolute atomic E-state index is 0.161. The molecule has 3 nitrogen and oxygen atoms in total. The molecule has 1 atom stereocenters. The summed E-state index contributed by atoms with van der Waals surface area (Å²) in [6.45, 7) is 0.543. The van der Waals surface area contributed by atoms with Gasteiger partial charge in [0, 0.05) is 12.6 Å². The lowest BCUT2D eigenvalue weighted by molar-refractivity contribution is -0.137. The number of carboxylic acid groups (broad SMARTS) is 1. The Labute approximate surface area is 125 Å². The molecule has 0 fully saturated rings. The Morgan fingerprint density at radius 3 is 2.19 bits per heavy atom. The van der Waals surface area contributed by atoms with E-state index < -0.39 is 5.97 Å². The number of benzene rings is 2. The van der Waals surface area contributed by atoms with Gasteiger partial charge in [-0.3, -0.25) is 9.69 Å². The summed E-state index contributed by atoms with van der Waals surface area (Å²) in [5.41, 5.74) is 2.47. The predicted molar refractivity (Wildman–Crippen MR) is 84.2 cm³/mol. The van der Waals surface area contributed by atoms with Crippen molar-refractivity contribution in [2.75, 3.05) is 13.6 Å². The normalized spacial score (nSPS) is 12.3. The standard InChI is InChI=1S/C18H21NO2/c1-19(13-12-18(20)21)17(16-10-6-3-7-11-16)14-15-8-4-2-5-9-15/h2-11,17H,12-14H2,1H3,(H,20,21). The number of rotatable bonds is 7. The van der Waals surface area contributed by atoms with E-state index >= 15 is 0 Å². The van der Waals surface area contributed by atoms with Crippen LogP contribution in [-0.2, 0) is 11.2 Å². The molecule has 0 amide bonds. The molecule has 0 bridgehead atoms. The van der Waals surface area contributed by atoms with Crippen molar-refractivity contribution in [1.29, 1.82) is 0 Å². The Bertz CT molecular complexity index is 554. The fourth-order valence-electron chi connectivity index (χ4n) is 2.47. The molecule has 0 aromatic heterocycles. The van der Waals surface area contributed by atoms with Crippen molar-refractivity contribution in [2.45, 2.75) is 18.9 Å². The van der Waals surface area contributed by atoms with E-state index in [4.69, 9.17) is 5.11 Å². The number of hydrogen-bond donors (Lipinski definition) is 1. The first-order chi connectivity index (χ1) is 10.2. The molecule has 0 spiro atoms. The zero-order valence-corrected chi connectivity index (χ0v) is 12.3. The summed E-state index contributed by atoms with van der Waals surface area (Å²) < 4.78 is 0. The van der Waals surface area contributed by atoms with Gasteiger partial charge in [0.05, 0.1) is 6.42 Å². The van der Waals surface area contributed by atoms with E-state index in [0.29, 0.717) is 6.54 Å². The van der Waals surface area contributed by atoms with Crippen molar-refractivity contribution < 1.29 is 9.90 Å². The summed E-state index contributed by atoms with van der Waals surface area (Å²) in [6, 6.07) is 20.8. The van der Waals surface area contributed by atoms with Gasteiger partial charge in [-0.25, -0.2) is 0 Å². The SMILES string of the molecule is CN(CCC(=O)O)C(Cc1ccccc1)c1ccccc1. The van der Waals surface area contributed by atoms with Crippen LogP contribution in [0.25, 0.3) is 0 Å². The second-order valence-electron chi connectivity index (χ2n) is 5.24. The highest BCUT2D eigenvalue weighted by Crippen LogP contribution is 2.24. The molecule has 2 aromatic carbocycles. The molecule has 0 aliphatic carbocycles. The van der Waals surface area contributed by atoms with E-state index in [1.165, 1.54) is 11.1 Å². The van der Waals surface area contributed by atoms with E-state index in [2.05, 4.69) is 29.2 Å². The first-order valence-corrected chi connectivity index (χ1v) is 7.17. The predicted octanol–water partition coefficient (Wildman–Crippen LogP) is 3.38. The molecular weight excluding hydrogens is 262 g/mol. The molecule has 0 aliphatic heterocycles. The number of carbonyl (C=O) groups is 1. The molecule has 1 unspecified atom stereocenters. The molecule has 0 heterocycles. The Morgan fingerprint density at radius 1 is 1.05 bits per heavy atom. The molecule has 0 radical (unpaired) electrons. The second-order valence-corrected chi connectivity index (χ2v) is 5.24. The van der Waals surface area contributed by atoms with Gasteiger partial charge < -0.3 is 5.11 Å². The highest BCUT2D eigenvalue weighted by molar-refractivity contribution is 5.66. The summed E-state index contributed by atoms with van der Waals surface area (Å²) >= 11 is 0. The zero-order valence-electron chi connectivity index (χ0n) is 12.3. The van der Waals surface area contributed by atoms with Crippen molar-refractivity contribution in [1.82, 2.24) is 4.90 Å². The summed E-state index contributed by atoms with van der Waals surface area (Å²) in [6.07, 6.45) is 1.04. The average Bonchev–Trinajstić information content (AvgIpc) is 2.52. The number of hydrogen-bond acceptors (Lipinski definition) is 2. The van der Waals surface area contributed by atoms with Crippen LogP contribution in [0.15, 0.2) is 60.7 Å². The van der Waals surface area contributed by atoms with Crippen LogP contribution in [0.5, 0.6) is 0 Å². The molecular formula is C18H21NO2. The first kappa shape index (κ1) is 15.3. The van der Waals surface area contributed by atoms with E-state index in [1.54, 1.807) is 0 Å². The van der Waals surface area contributed by atoms with Crippen LogP contribution in [0.4, 0.5) is 0 Å². The maximum absolute atomic E-state index is 10.8. The van der Waals surface area contributed by atoms with Gasteiger partial charge in [0.2, 0.25) is 0 Å². The van der Waals surface area contributed by atoms with Gasteiger partial charge in [-0.2, -0.15) is 0 Å². The quantitative estimate of drug-likeness (QED) is 0.847. The number of likely N-dealkylation sites (N-methyl/N-ethyl adjacent to an activating group) is 1. The highest BCUT2D eigenvalue weighted by atomic mass is 16.4. The summed E-state index contributed by atoms with van der Waals surface area (Å²) in [7, 11) is 1.99. The van der Waals surface area contributed by atoms with Crippen LogP contribution in [0.1, 0.15) is 23.6 Å². The van der Waals surface area contributed by atoms with E-state index in [0.717, 1.165) is 6.42 Å². The van der Waals surface area contributed by atoms with Crippen LogP contribution in [0.3, 0.4) is 0 Å². The van der Waals surface area contributed by atoms with Crippen molar-refractivity contribution >= 4 is 5.97 Å². The number of aliphatic carboxylic acids is 1. The van der Waals surface area contributed by atoms with Gasteiger partial charge in [-0.1, -0.05) is 60.7 Å². The summed E-state index contributed by atoms with van der Waals surface area (Å²) in [5.74, 6) is -0.756.